The van der Waals surface area contributed by atoms with Crippen molar-refractivity contribution in [1.29, 1.82) is 0 Å². The number of thioether (sulfide) groups is 1. The highest BCUT2D eigenvalue weighted by molar-refractivity contribution is 7.98. The van der Waals surface area contributed by atoms with Gasteiger partial charge < -0.3 is 15.7 Å². The van der Waals surface area contributed by atoms with E-state index in [0.29, 0.717) is 5.75 Å². The molecule has 0 aromatic heterocycles. The van der Waals surface area contributed by atoms with Crippen LogP contribution in [0.5, 0.6) is 5.75 Å². The Hall–Kier alpha value is -2.69. The van der Waals surface area contributed by atoms with E-state index in [1.54, 1.807) is 17.8 Å². The SMILES string of the molecule is CSc1ccc(C2NC(c3ccc(C)cc3)=CC(c3ccccc3O)[NH2+]2)cc1. The maximum absolute atomic E-state index is 10.4. The lowest BCUT2D eigenvalue weighted by atomic mass is 9.97. The van der Waals surface area contributed by atoms with Crippen LogP contribution in [-0.4, -0.2) is 11.4 Å². The summed E-state index contributed by atoms with van der Waals surface area (Å²) in [4.78, 5) is 1.26. The molecule has 1 aliphatic heterocycles. The summed E-state index contributed by atoms with van der Waals surface area (Å²) in [7, 11) is 0. The Morgan fingerprint density at radius 2 is 1.64 bits per heavy atom. The topological polar surface area (TPSA) is 48.9 Å². The van der Waals surface area contributed by atoms with Gasteiger partial charge in [-0.1, -0.05) is 42.0 Å². The van der Waals surface area contributed by atoms with Crippen LogP contribution >= 0.6 is 11.8 Å². The van der Waals surface area contributed by atoms with Crippen molar-refractivity contribution in [2.75, 3.05) is 6.26 Å². The lowest BCUT2D eigenvalue weighted by Crippen LogP contribution is -2.89. The third kappa shape index (κ3) is 3.93. The molecule has 3 nitrogen and oxygen atoms in total. The maximum atomic E-state index is 10.4. The molecule has 1 aliphatic rings. The van der Waals surface area contributed by atoms with Gasteiger partial charge in [-0.3, -0.25) is 0 Å². The van der Waals surface area contributed by atoms with Crippen molar-refractivity contribution < 1.29 is 10.4 Å². The van der Waals surface area contributed by atoms with Gasteiger partial charge >= 0.3 is 0 Å². The molecule has 2 unspecified atom stereocenters. The summed E-state index contributed by atoms with van der Waals surface area (Å²) in [6.45, 7) is 2.10. The van der Waals surface area contributed by atoms with Crippen LogP contribution in [0.3, 0.4) is 0 Å². The molecule has 4 rings (SSSR count). The predicted molar refractivity (Wildman–Crippen MR) is 116 cm³/mol. The molecule has 0 saturated heterocycles. The number of phenols is 1. The van der Waals surface area contributed by atoms with Gasteiger partial charge in [0.15, 0.2) is 6.17 Å². The Kier molecular flexibility index (Phi) is 5.42. The van der Waals surface area contributed by atoms with Crippen LogP contribution in [0.15, 0.2) is 83.8 Å². The summed E-state index contributed by atoms with van der Waals surface area (Å²) in [5.74, 6) is 0.335. The largest absolute Gasteiger partial charge is 0.507 e. The molecule has 0 radical (unpaired) electrons. The van der Waals surface area contributed by atoms with Crippen molar-refractivity contribution >= 4 is 17.5 Å². The van der Waals surface area contributed by atoms with E-state index < -0.39 is 0 Å². The zero-order valence-corrected chi connectivity index (χ0v) is 16.9. The first kappa shape index (κ1) is 18.7. The van der Waals surface area contributed by atoms with Gasteiger partial charge in [-0.15, -0.1) is 11.8 Å². The molecular weight excluding hydrogens is 364 g/mol. The number of hydrogen-bond donors (Lipinski definition) is 3. The van der Waals surface area contributed by atoms with E-state index in [1.165, 1.54) is 16.0 Å². The molecule has 0 spiro atoms. The van der Waals surface area contributed by atoms with E-state index in [1.807, 2.05) is 18.2 Å². The molecule has 0 aliphatic carbocycles. The number of phenolic OH excluding ortho intramolecular Hbond substituents is 1. The van der Waals surface area contributed by atoms with Crippen LogP contribution in [0.4, 0.5) is 0 Å². The number of aryl methyl sites for hydroxylation is 1. The van der Waals surface area contributed by atoms with Crippen molar-refractivity contribution in [3.05, 3.63) is 101 Å². The highest BCUT2D eigenvalue weighted by atomic mass is 32.2. The van der Waals surface area contributed by atoms with E-state index in [9.17, 15) is 5.11 Å². The summed E-state index contributed by atoms with van der Waals surface area (Å²) in [5, 5.41) is 16.4. The first-order valence-corrected chi connectivity index (χ1v) is 10.7. The van der Waals surface area contributed by atoms with Gasteiger partial charge in [-0.2, -0.15) is 0 Å². The van der Waals surface area contributed by atoms with E-state index in [2.05, 4.69) is 78.4 Å². The van der Waals surface area contributed by atoms with Crippen molar-refractivity contribution in [1.82, 2.24) is 5.32 Å². The fourth-order valence-electron chi connectivity index (χ4n) is 3.59. The average molecular weight is 390 g/mol. The van der Waals surface area contributed by atoms with Crippen molar-refractivity contribution in [3.63, 3.8) is 0 Å². The summed E-state index contributed by atoms with van der Waals surface area (Å²) >= 11 is 1.75. The third-order valence-corrected chi connectivity index (χ3v) is 5.93. The molecule has 1 heterocycles. The summed E-state index contributed by atoms with van der Waals surface area (Å²) in [6.07, 6.45) is 4.36. The molecule has 2 atom stereocenters. The third-order valence-electron chi connectivity index (χ3n) is 5.19. The van der Waals surface area contributed by atoms with Gasteiger partial charge in [-0.25, -0.2) is 0 Å². The lowest BCUT2D eigenvalue weighted by molar-refractivity contribution is -0.731. The maximum Gasteiger partial charge on any atom is 0.186 e. The second-order valence-electron chi connectivity index (χ2n) is 7.12. The van der Waals surface area contributed by atoms with Crippen LogP contribution in [0.25, 0.3) is 5.70 Å². The molecule has 4 N–H and O–H groups in total. The first-order chi connectivity index (χ1) is 13.6. The standard InChI is InChI=1S/C24H24N2OS/c1-16-7-9-17(10-8-16)21-15-22(20-5-3-4-6-23(20)27)26-24(25-21)18-11-13-19(28-2)14-12-18/h3-15,22,24-27H,1-2H3/p+1. The van der Waals surface area contributed by atoms with Crippen molar-refractivity contribution in [2.45, 2.75) is 24.0 Å². The van der Waals surface area contributed by atoms with Gasteiger partial charge in [0.25, 0.3) is 0 Å². The number of nitrogens with one attached hydrogen (secondary N) is 1. The number of nitrogens with two attached hydrogens (primary N) is 1. The number of benzene rings is 3. The highest BCUT2D eigenvalue weighted by Gasteiger charge is 2.29. The van der Waals surface area contributed by atoms with Crippen LogP contribution in [0.1, 0.15) is 34.5 Å². The Balaban J connectivity index is 1.73. The molecular formula is C24H25N2OS+. The Morgan fingerprint density at radius 1 is 0.929 bits per heavy atom. The first-order valence-electron chi connectivity index (χ1n) is 9.46. The molecule has 3 aromatic carbocycles. The molecule has 28 heavy (non-hydrogen) atoms. The second-order valence-corrected chi connectivity index (χ2v) is 8.00. The molecule has 0 amide bonds. The van der Waals surface area contributed by atoms with Gasteiger partial charge in [0.2, 0.25) is 0 Å². The van der Waals surface area contributed by atoms with Gasteiger partial charge in [0.05, 0.1) is 5.56 Å². The van der Waals surface area contributed by atoms with E-state index >= 15 is 0 Å². The number of rotatable bonds is 4. The minimum Gasteiger partial charge on any atom is -0.507 e. The summed E-state index contributed by atoms with van der Waals surface area (Å²) in [6, 6.07) is 24.9. The quantitative estimate of drug-likeness (QED) is 0.581. The molecule has 3 aromatic rings. The lowest BCUT2D eigenvalue weighted by Gasteiger charge is -2.30. The Bertz CT molecular complexity index is 980. The Labute approximate surface area is 170 Å². The average Bonchev–Trinajstić information content (AvgIpc) is 2.74. The van der Waals surface area contributed by atoms with Crippen LogP contribution in [-0.2, 0) is 0 Å². The van der Waals surface area contributed by atoms with Gasteiger partial charge in [0, 0.05) is 22.2 Å². The van der Waals surface area contributed by atoms with Gasteiger partial charge in [0.1, 0.15) is 11.8 Å². The monoisotopic (exact) mass is 389 g/mol. The predicted octanol–water partition coefficient (Wildman–Crippen LogP) is 4.37. The van der Waals surface area contributed by atoms with Crippen molar-refractivity contribution in [2.24, 2.45) is 0 Å². The zero-order chi connectivity index (χ0) is 19.5. The normalized spacial score (nSPS) is 19.0. The number of para-hydroxylation sites is 1. The zero-order valence-electron chi connectivity index (χ0n) is 16.1. The molecule has 4 heteroatoms. The molecule has 0 saturated carbocycles. The minimum absolute atomic E-state index is 0.0315. The fraction of sp³-hybridized carbons (Fsp3) is 0.167. The highest BCUT2D eigenvalue weighted by Crippen LogP contribution is 2.29. The number of aromatic hydroxyl groups is 1. The van der Waals surface area contributed by atoms with E-state index in [0.717, 1.165) is 16.8 Å². The van der Waals surface area contributed by atoms with Crippen LogP contribution in [0, 0.1) is 6.92 Å². The summed E-state index contributed by atoms with van der Waals surface area (Å²) < 4.78 is 0. The number of hydrogen-bond acceptors (Lipinski definition) is 3. The minimum atomic E-state index is 0.0315. The molecule has 0 fully saturated rings. The van der Waals surface area contributed by atoms with E-state index in [4.69, 9.17) is 0 Å². The smallest absolute Gasteiger partial charge is 0.186 e. The molecule has 0 bridgehead atoms. The van der Waals surface area contributed by atoms with Gasteiger partial charge in [-0.05, 0) is 55.1 Å². The number of quaternary nitrogens is 1. The van der Waals surface area contributed by atoms with E-state index in [-0.39, 0.29) is 12.2 Å². The van der Waals surface area contributed by atoms with Crippen LogP contribution < -0.4 is 10.6 Å². The van der Waals surface area contributed by atoms with Crippen molar-refractivity contribution in [3.8, 4) is 5.75 Å². The second kappa shape index (κ2) is 8.13. The fourth-order valence-corrected chi connectivity index (χ4v) is 4.00. The Morgan fingerprint density at radius 3 is 2.32 bits per heavy atom. The summed E-state index contributed by atoms with van der Waals surface area (Å²) in [5.41, 5.74) is 5.64. The molecule has 142 valence electrons. The van der Waals surface area contributed by atoms with Crippen LogP contribution in [0.2, 0.25) is 0 Å².